The number of carboxylic acid groups (broad SMARTS) is 1. The van der Waals surface area contributed by atoms with Gasteiger partial charge in [0.2, 0.25) is 0 Å². The van der Waals surface area contributed by atoms with Crippen LogP contribution in [0.5, 0.6) is 0 Å². The normalized spacial score (nSPS) is 9.94. The van der Waals surface area contributed by atoms with Crippen molar-refractivity contribution >= 4 is 29.1 Å². The number of carboxylic acids is 1. The highest BCUT2D eigenvalue weighted by molar-refractivity contribution is 6.33. The van der Waals surface area contributed by atoms with Crippen LogP contribution in [0, 0.1) is 0 Å². The molecule has 0 unspecified atom stereocenters. The minimum atomic E-state index is -0.995. The molecule has 2 aromatic rings. The van der Waals surface area contributed by atoms with E-state index in [1.807, 2.05) is 6.07 Å². The lowest BCUT2D eigenvalue weighted by molar-refractivity contribution is 0.0697. The van der Waals surface area contributed by atoms with E-state index in [4.69, 9.17) is 16.7 Å². The predicted molar refractivity (Wildman–Crippen MR) is 65.9 cm³/mol. The van der Waals surface area contributed by atoms with Crippen molar-refractivity contribution in [1.29, 1.82) is 0 Å². The predicted octanol–water partition coefficient (Wildman–Crippen LogP) is 3.18. The van der Waals surface area contributed by atoms with E-state index in [-0.39, 0.29) is 5.56 Å². The van der Waals surface area contributed by atoms with E-state index in [0.29, 0.717) is 16.5 Å². The quantitative estimate of drug-likeness (QED) is 0.876. The highest BCUT2D eigenvalue weighted by Gasteiger charge is 2.07. The van der Waals surface area contributed by atoms with Gasteiger partial charge in [-0.3, -0.25) is 0 Å². The van der Waals surface area contributed by atoms with Gasteiger partial charge in [0.1, 0.15) is 5.82 Å². The molecule has 17 heavy (non-hydrogen) atoms. The molecule has 0 spiro atoms. The Morgan fingerprint density at radius 3 is 2.76 bits per heavy atom. The molecule has 0 saturated carbocycles. The maximum atomic E-state index is 10.8. The maximum Gasteiger partial charge on any atom is 0.335 e. The largest absolute Gasteiger partial charge is 0.478 e. The van der Waals surface area contributed by atoms with E-state index in [2.05, 4.69) is 10.3 Å². The fourth-order valence-corrected chi connectivity index (χ4v) is 1.49. The van der Waals surface area contributed by atoms with Gasteiger partial charge in [0, 0.05) is 6.20 Å². The summed E-state index contributed by atoms with van der Waals surface area (Å²) in [6.07, 6.45) is 1.64. The van der Waals surface area contributed by atoms with Crippen LogP contribution in [-0.4, -0.2) is 16.1 Å². The Morgan fingerprint density at radius 1 is 1.29 bits per heavy atom. The molecular formula is C12H9ClN2O2. The summed E-state index contributed by atoms with van der Waals surface area (Å²) in [5, 5.41) is 12.3. The monoisotopic (exact) mass is 248 g/mol. The molecular weight excluding hydrogens is 240 g/mol. The third-order valence-corrected chi connectivity index (χ3v) is 2.47. The van der Waals surface area contributed by atoms with Crippen molar-refractivity contribution in [2.45, 2.75) is 0 Å². The molecule has 0 fully saturated rings. The molecule has 0 bridgehead atoms. The Balaban J connectivity index is 2.32. The number of nitrogens with zero attached hydrogens (tertiary/aromatic N) is 1. The van der Waals surface area contributed by atoms with Crippen molar-refractivity contribution in [3.8, 4) is 0 Å². The highest BCUT2D eigenvalue weighted by Crippen LogP contribution is 2.25. The third-order valence-electron chi connectivity index (χ3n) is 2.14. The Kier molecular flexibility index (Phi) is 3.25. The molecule has 0 amide bonds. The Bertz CT molecular complexity index is 543. The van der Waals surface area contributed by atoms with Crippen molar-refractivity contribution < 1.29 is 9.90 Å². The SMILES string of the molecule is O=C(O)c1ccc(Cl)c(Nc2ccccn2)c1. The second-order valence-electron chi connectivity index (χ2n) is 3.34. The molecule has 1 aromatic heterocycles. The van der Waals surface area contributed by atoms with Crippen LogP contribution in [0.2, 0.25) is 5.02 Å². The number of hydrogen-bond acceptors (Lipinski definition) is 3. The number of rotatable bonds is 3. The number of aromatic nitrogens is 1. The number of hydrogen-bond donors (Lipinski definition) is 2. The summed E-state index contributed by atoms with van der Waals surface area (Å²) in [5.74, 6) is -0.386. The van der Waals surface area contributed by atoms with Crippen molar-refractivity contribution in [2.24, 2.45) is 0 Å². The van der Waals surface area contributed by atoms with E-state index in [1.165, 1.54) is 18.2 Å². The van der Waals surface area contributed by atoms with Crippen molar-refractivity contribution in [1.82, 2.24) is 4.98 Å². The second-order valence-corrected chi connectivity index (χ2v) is 3.75. The molecule has 0 aliphatic carbocycles. The van der Waals surface area contributed by atoms with Crippen LogP contribution < -0.4 is 5.32 Å². The first-order chi connectivity index (χ1) is 8.16. The fourth-order valence-electron chi connectivity index (χ4n) is 1.33. The first-order valence-electron chi connectivity index (χ1n) is 4.88. The minimum Gasteiger partial charge on any atom is -0.478 e. The van der Waals surface area contributed by atoms with E-state index in [1.54, 1.807) is 18.3 Å². The molecule has 5 heteroatoms. The topological polar surface area (TPSA) is 62.2 Å². The van der Waals surface area contributed by atoms with Crippen LogP contribution >= 0.6 is 11.6 Å². The summed E-state index contributed by atoms with van der Waals surface area (Å²) in [6, 6.07) is 9.85. The maximum absolute atomic E-state index is 10.8. The number of anilines is 2. The molecule has 4 nitrogen and oxygen atoms in total. The number of nitrogens with one attached hydrogen (secondary N) is 1. The van der Waals surface area contributed by atoms with Gasteiger partial charge >= 0.3 is 5.97 Å². The highest BCUT2D eigenvalue weighted by atomic mass is 35.5. The molecule has 2 rings (SSSR count). The molecule has 0 atom stereocenters. The van der Waals surface area contributed by atoms with Gasteiger partial charge in [-0.15, -0.1) is 0 Å². The summed E-state index contributed by atoms with van der Waals surface area (Å²) < 4.78 is 0. The Morgan fingerprint density at radius 2 is 2.12 bits per heavy atom. The number of benzene rings is 1. The molecule has 86 valence electrons. The first kappa shape index (κ1) is 11.4. The fraction of sp³-hybridized carbons (Fsp3) is 0. The number of aromatic carboxylic acids is 1. The zero-order valence-electron chi connectivity index (χ0n) is 8.72. The second kappa shape index (κ2) is 4.84. The standard InChI is InChI=1S/C12H9ClN2O2/c13-9-5-4-8(12(16)17)7-10(9)15-11-3-1-2-6-14-11/h1-7H,(H,14,15)(H,16,17). The van der Waals surface area contributed by atoms with Crippen LogP contribution in [-0.2, 0) is 0 Å². The molecule has 1 aromatic carbocycles. The van der Waals surface area contributed by atoms with Crippen LogP contribution in [0.25, 0.3) is 0 Å². The van der Waals surface area contributed by atoms with Crippen LogP contribution in [0.3, 0.4) is 0 Å². The average molecular weight is 249 g/mol. The molecule has 0 aliphatic heterocycles. The lowest BCUT2D eigenvalue weighted by Gasteiger charge is -2.08. The molecule has 0 saturated heterocycles. The van der Waals surface area contributed by atoms with Crippen molar-refractivity contribution in [2.75, 3.05) is 5.32 Å². The number of carbonyl (C=O) groups is 1. The molecule has 0 aliphatic rings. The van der Waals surface area contributed by atoms with Crippen LogP contribution in [0.1, 0.15) is 10.4 Å². The minimum absolute atomic E-state index is 0.174. The van der Waals surface area contributed by atoms with E-state index in [0.717, 1.165) is 0 Å². The number of pyridine rings is 1. The summed E-state index contributed by atoms with van der Waals surface area (Å²) in [6.45, 7) is 0. The van der Waals surface area contributed by atoms with E-state index in [9.17, 15) is 4.79 Å². The van der Waals surface area contributed by atoms with Crippen molar-refractivity contribution in [3.63, 3.8) is 0 Å². The number of halogens is 1. The smallest absolute Gasteiger partial charge is 0.335 e. The lowest BCUT2D eigenvalue weighted by Crippen LogP contribution is -1.99. The summed E-state index contributed by atoms with van der Waals surface area (Å²) >= 11 is 5.97. The van der Waals surface area contributed by atoms with Gasteiger partial charge in [-0.05, 0) is 30.3 Å². The summed E-state index contributed by atoms with van der Waals surface area (Å²) in [4.78, 5) is 14.9. The Hall–Kier alpha value is -2.07. The van der Waals surface area contributed by atoms with Gasteiger partial charge in [-0.2, -0.15) is 0 Å². The van der Waals surface area contributed by atoms with Gasteiger partial charge in [0.15, 0.2) is 0 Å². The van der Waals surface area contributed by atoms with Crippen LogP contribution in [0.4, 0.5) is 11.5 Å². The summed E-state index contributed by atoms with van der Waals surface area (Å²) in [5.41, 5.74) is 0.693. The van der Waals surface area contributed by atoms with Gasteiger partial charge in [-0.1, -0.05) is 17.7 Å². The lowest BCUT2D eigenvalue weighted by atomic mass is 10.2. The first-order valence-corrected chi connectivity index (χ1v) is 5.25. The summed E-state index contributed by atoms with van der Waals surface area (Å²) in [7, 11) is 0. The van der Waals surface area contributed by atoms with Gasteiger partial charge < -0.3 is 10.4 Å². The van der Waals surface area contributed by atoms with Gasteiger partial charge in [0.25, 0.3) is 0 Å². The van der Waals surface area contributed by atoms with Gasteiger partial charge in [-0.25, -0.2) is 9.78 Å². The zero-order chi connectivity index (χ0) is 12.3. The third kappa shape index (κ3) is 2.73. The Labute approximate surface area is 103 Å². The molecule has 0 radical (unpaired) electrons. The molecule has 1 heterocycles. The van der Waals surface area contributed by atoms with E-state index < -0.39 is 5.97 Å². The van der Waals surface area contributed by atoms with E-state index >= 15 is 0 Å². The van der Waals surface area contributed by atoms with Crippen LogP contribution in [0.15, 0.2) is 42.6 Å². The van der Waals surface area contributed by atoms with Crippen molar-refractivity contribution in [3.05, 3.63) is 53.2 Å². The molecule has 2 N–H and O–H groups in total. The van der Waals surface area contributed by atoms with Gasteiger partial charge in [0.05, 0.1) is 16.3 Å². The average Bonchev–Trinajstić information content (AvgIpc) is 2.33. The zero-order valence-corrected chi connectivity index (χ0v) is 9.48.